The number of amidine groups is 1. The van der Waals surface area contributed by atoms with Crippen molar-refractivity contribution in [3.8, 4) is 0 Å². The second-order valence-electron chi connectivity index (χ2n) is 2.31. The van der Waals surface area contributed by atoms with Crippen LogP contribution in [-0.4, -0.2) is 15.6 Å². The van der Waals surface area contributed by atoms with Gasteiger partial charge in [-0.15, -0.1) is 4.59 Å². The van der Waals surface area contributed by atoms with Crippen molar-refractivity contribution in [2.45, 2.75) is 0 Å². The van der Waals surface area contributed by atoms with Gasteiger partial charge in [-0.3, -0.25) is 4.99 Å². The second kappa shape index (κ2) is 2.10. The molecule has 0 amide bonds. The highest BCUT2D eigenvalue weighted by molar-refractivity contribution is 9.18. The van der Waals surface area contributed by atoms with Crippen molar-refractivity contribution >= 4 is 26.9 Å². The van der Waals surface area contributed by atoms with E-state index in [1.165, 1.54) is 0 Å². The molecule has 1 atom stereocenters. The van der Waals surface area contributed by atoms with Crippen LogP contribution in [0.5, 0.6) is 0 Å². The lowest BCUT2D eigenvalue weighted by molar-refractivity contribution is -0.746. The number of fused-ring (bicyclic) bond motifs is 1. The van der Waals surface area contributed by atoms with Crippen molar-refractivity contribution in [3.63, 3.8) is 0 Å². The molecule has 0 spiro atoms. The number of aliphatic imine (C=N–C) groups is 2. The van der Waals surface area contributed by atoms with Crippen LogP contribution in [0.3, 0.4) is 0 Å². The van der Waals surface area contributed by atoms with Gasteiger partial charge in [0.25, 0.3) is 0 Å². The molecule has 2 N–H and O–H groups in total. The molecule has 0 fully saturated rings. The highest BCUT2D eigenvalue weighted by Crippen LogP contribution is 2.24. The van der Waals surface area contributed by atoms with E-state index < -0.39 is 0 Å². The SMILES string of the molecule is N[N+]12C=CN=CC1=CN=C2Br. The Kier molecular flexibility index (Phi) is 1.32. The number of hydrogen-bond donors (Lipinski definition) is 1. The Labute approximate surface area is 72.1 Å². The molecule has 11 heavy (non-hydrogen) atoms. The number of rotatable bonds is 0. The van der Waals surface area contributed by atoms with E-state index in [9.17, 15) is 0 Å². The molecule has 2 rings (SSSR count). The van der Waals surface area contributed by atoms with E-state index in [0.29, 0.717) is 4.74 Å². The van der Waals surface area contributed by atoms with Gasteiger partial charge in [0, 0.05) is 15.9 Å². The van der Waals surface area contributed by atoms with Crippen molar-refractivity contribution in [2.24, 2.45) is 15.8 Å². The summed E-state index contributed by atoms with van der Waals surface area (Å²) in [7, 11) is 0. The van der Waals surface area contributed by atoms with Gasteiger partial charge in [-0.05, 0) is 0 Å². The van der Waals surface area contributed by atoms with Crippen LogP contribution < -0.4 is 5.84 Å². The Morgan fingerprint density at radius 2 is 2.36 bits per heavy atom. The molecule has 4 nitrogen and oxygen atoms in total. The van der Waals surface area contributed by atoms with Crippen molar-refractivity contribution in [1.82, 2.24) is 0 Å². The predicted octanol–water partition coefficient (Wildman–Crippen LogP) is 0.838. The molecule has 5 heteroatoms. The average molecular weight is 214 g/mol. The van der Waals surface area contributed by atoms with Crippen LogP contribution in [0.15, 0.2) is 34.3 Å². The fraction of sp³-hybridized carbons (Fsp3) is 0. The minimum atomic E-state index is 0.101. The molecular formula is C6H6BrN4+. The lowest BCUT2D eigenvalue weighted by atomic mass is 10.4. The first kappa shape index (κ1) is 6.90. The van der Waals surface area contributed by atoms with E-state index in [1.54, 1.807) is 24.8 Å². The van der Waals surface area contributed by atoms with Gasteiger partial charge in [-0.1, -0.05) is 0 Å². The quantitative estimate of drug-likeness (QED) is 0.362. The van der Waals surface area contributed by atoms with Crippen LogP contribution in [0.1, 0.15) is 0 Å². The maximum atomic E-state index is 5.92. The Hall–Kier alpha value is -0.780. The Morgan fingerprint density at radius 3 is 3.09 bits per heavy atom. The van der Waals surface area contributed by atoms with Crippen molar-refractivity contribution in [1.29, 1.82) is 0 Å². The van der Waals surface area contributed by atoms with Gasteiger partial charge in [0.05, 0.1) is 18.6 Å². The number of allylic oxidation sites excluding steroid dienone is 1. The zero-order valence-corrected chi connectivity index (χ0v) is 7.19. The van der Waals surface area contributed by atoms with Gasteiger partial charge < -0.3 is 0 Å². The number of quaternary nitrogens is 1. The van der Waals surface area contributed by atoms with Crippen LogP contribution in [-0.2, 0) is 0 Å². The summed E-state index contributed by atoms with van der Waals surface area (Å²) in [6.45, 7) is 0. The highest BCUT2D eigenvalue weighted by atomic mass is 79.9. The lowest BCUT2D eigenvalue weighted by Gasteiger charge is -2.22. The fourth-order valence-corrected chi connectivity index (χ4v) is 1.38. The van der Waals surface area contributed by atoms with Crippen LogP contribution in [0, 0.1) is 0 Å². The van der Waals surface area contributed by atoms with Crippen LogP contribution >= 0.6 is 15.9 Å². The fourth-order valence-electron chi connectivity index (χ4n) is 0.956. The summed E-state index contributed by atoms with van der Waals surface area (Å²) in [6.07, 6.45) is 6.79. The third kappa shape index (κ3) is 0.819. The molecular weight excluding hydrogens is 208 g/mol. The van der Waals surface area contributed by atoms with Gasteiger partial charge in [0.15, 0.2) is 0 Å². The molecule has 56 valence electrons. The number of nitrogens with zero attached hydrogens (tertiary/aromatic N) is 3. The third-order valence-electron chi connectivity index (χ3n) is 1.63. The normalized spacial score (nSPS) is 33.3. The summed E-state index contributed by atoms with van der Waals surface area (Å²) in [4.78, 5) is 7.96. The molecule has 0 aromatic heterocycles. The number of halogens is 1. The number of nitrogens with two attached hydrogens (primary N) is 1. The zero-order chi connectivity index (χ0) is 7.90. The van der Waals surface area contributed by atoms with Crippen molar-refractivity contribution in [2.75, 3.05) is 0 Å². The average Bonchev–Trinajstić information content (AvgIpc) is 2.29. The molecule has 2 aliphatic heterocycles. The van der Waals surface area contributed by atoms with Crippen LogP contribution in [0.2, 0.25) is 0 Å². The summed E-state index contributed by atoms with van der Waals surface area (Å²) in [5.41, 5.74) is 0.861. The van der Waals surface area contributed by atoms with Crippen molar-refractivity contribution in [3.05, 3.63) is 24.3 Å². The molecule has 2 aliphatic rings. The first-order valence-electron chi connectivity index (χ1n) is 3.06. The summed E-state index contributed by atoms with van der Waals surface area (Å²) < 4.78 is 0.777. The molecule has 2 heterocycles. The third-order valence-corrected chi connectivity index (χ3v) is 2.42. The van der Waals surface area contributed by atoms with E-state index in [1.807, 2.05) is 0 Å². The molecule has 0 aliphatic carbocycles. The minimum Gasteiger partial charge on any atom is -0.253 e. The van der Waals surface area contributed by atoms with E-state index >= 15 is 0 Å². The van der Waals surface area contributed by atoms with E-state index in [4.69, 9.17) is 5.84 Å². The maximum absolute atomic E-state index is 5.92. The Bertz CT molecular complexity index is 315. The smallest absolute Gasteiger partial charge is 0.253 e. The summed E-state index contributed by atoms with van der Waals surface area (Å²) in [6, 6.07) is 0. The van der Waals surface area contributed by atoms with Gasteiger partial charge in [-0.2, -0.15) is 10.8 Å². The second-order valence-corrected chi connectivity index (χ2v) is 3.01. The van der Waals surface area contributed by atoms with Gasteiger partial charge in [0.2, 0.25) is 5.70 Å². The predicted molar refractivity (Wildman–Crippen MR) is 46.5 cm³/mol. The molecule has 0 aromatic rings. The molecule has 0 saturated heterocycles. The Balaban J connectivity index is 2.52. The first-order chi connectivity index (χ1) is 5.23. The number of hydrogen-bond acceptors (Lipinski definition) is 3. The monoisotopic (exact) mass is 213 g/mol. The summed E-state index contributed by atoms with van der Waals surface area (Å²) in [5, 5.41) is 0. The maximum Gasteiger partial charge on any atom is 0.300 e. The Morgan fingerprint density at radius 1 is 1.55 bits per heavy atom. The largest absolute Gasteiger partial charge is 0.300 e. The first-order valence-corrected chi connectivity index (χ1v) is 3.85. The van der Waals surface area contributed by atoms with Crippen LogP contribution in [0.25, 0.3) is 0 Å². The standard InChI is InChI=1S/C6H6BrN4/c7-6-10-4-5-3-9-1-2-11(5,6)8/h1-4H,8H2/q+1. The van der Waals surface area contributed by atoms with E-state index in [0.717, 1.165) is 5.70 Å². The summed E-state index contributed by atoms with van der Waals surface area (Å²) in [5.74, 6) is 5.92. The molecule has 0 aromatic carbocycles. The topological polar surface area (TPSA) is 50.7 Å². The van der Waals surface area contributed by atoms with Crippen molar-refractivity contribution < 1.29 is 4.59 Å². The molecule has 0 bridgehead atoms. The molecule has 0 saturated carbocycles. The van der Waals surface area contributed by atoms with Gasteiger partial charge in [0.1, 0.15) is 6.20 Å². The zero-order valence-electron chi connectivity index (χ0n) is 5.61. The summed E-state index contributed by atoms with van der Waals surface area (Å²) >= 11 is 3.27. The van der Waals surface area contributed by atoms with E-state index in [-0.39, 0.29) is 4.59 Å². The van der Waals surface area contributed by atoms with E-state index in [2.05, 4.69) is 25.9 Å². The van der Waals surface area contributed by atoms with Gasteiger partial charge in [-0.25, -0.2) is 0 Å². The molecule has 1 unspecified atom stereocenters. The lowest BCUT2D eigenvalue weighted by Crippen LogP contribution is -2.50. The van der Waals surface area contributed by atoms with Gasteiger partial charge >= 0.3 is 4.74 Å². The van der Waals surface area contributed by atoms with Crippen LogP contribution in [0.4, 0.5) is 0 Å². The molecule has 0 radical (unpaired) electrons. The minimum absolute atomic E-state index is 0.101. The highest BCUT2D eigenvalue weighted by Gasteiger charge is 2.37.